The Morgan fingerprint density at radius 1 is 1.30 bits per heavy atom. The highest BCUT2D eigenvalue weighted by molar-refractivity contribution is 9.10. The first kappa shape index (κ1) is 14.7. The third-order valence-corrected chi connectivity index (χ3v) is 3.77. The molecule has 0 saturated carbocycles. The van der Waals surface area contributed by atoms with E-state index in [1.165, 1.54) is 0 Å². The van der Waals surface area contributed by atoms with Crippen molar-refractivity contribution in [1.29, 1.82) is 0 Å². The summed E-state index contributed by atoms with van der Waals surface area (Å²) in [5.74, 6) is -1.83. The van der Waals surface area contributed by atoms with E-state index in [1.807, 2.05) is 6.92 Å². The number of imide groups is 1. The van der Waals surface area contributed by atoms with E-state index in [-0.39, 0.29) is 6.42 Å². The molecule has 1 aromatic rings. The van der Waals surface area contributed by atoms with Crippen molar-refractivity contribution in [2.24, 2.45) is 0 Å². The lowest BCUT2D eigenvalue weighted by Crippen LogP contribution is -2.41. The van der Waals surface area contributed by atoms with Crippen LogP contribution in [0.4, 0.5) is 0 Å². The van der Waals surface area contributed by atoms with Crippen LogP contribution in [0.1, 0.15) is 46.9 Å². The zero-order chi connectivity index (χ0) is 14.9. The SMILES string of the molecule is CCCC(CC(=O)O)N1C(=O)c2ccc(Br)cc2C1=O. The van der Waals surface area contributed by atoms with E-state index in [1.54, 1.807) is 18.2 Å². The lowest BCUT2D eigenvalue weighted by molar-refractivity contribution is -0.138. The highest BCUT2D eigenvalue weighted by atomic mass is 79.9. The van der Waals surface area contributed by atoms with Crippen LogP contribution < -0.4 is 0 Å². The lowest BCUT2D eigenvalue weighted by Gasteiger charge is -2.24. The zero-order valence-corrected chi connectivity index (χ0v) is 12.5. The van der Waals surface area contributed by atoms with Gasteiger partial charge in [-0.15, -0.1) is 0 Å². The largest absolute Gasteiger partial charge is 0.481 e. The van der Waals surface area contributed by atoms with Gasteiger partial charge in [0.1, 0.15) is 0 Å². The molecule has 0 radical (unpaired) electrons. The molecule has 20 heavy (non-hydrogen) atoms. The molecule has 0 fully saturated rings. The summed E-state index contributed by atoms with van der Waals surface area (Å²) in [6, 6.07) is 4.28. The zero-order valence-electron chi connectivity index (χ0n) is 10.9. The van der Waals surface area contributed by atoms with E-state index in [4.69, 9.17) is 5.11 Å². The Hall–Kier alpha value is -1.69. The molecule has 106 valence electrons. The van der Waals surface area contributed by atoms with Gasteiger partial charge in [-0.1, -0.05) is 29.3 Å². The number of amides is 2. The van der Waals surface area contributed by atoms with Crippen LogP contribution in [0.2, 0.25) is 0 Å². The molecule has 1 aliphatic heterocycles. The summed E-state index contributed by atoms with van der Waals surface area (Å²) in [4.78, 5) is 36.7. The Balaban J connectivity index is 2.36. The number of hydrogen-bond donors (Lipinski definition) is 1. The summed E-state index contributed by atoms with van der Waals surface area (Å²) in [6.45, 7) is 1.89. The maximum absolute atomic E-state index is 12.3. The van der Waals surface area contributed by atoms with Crippen LogP contribution in [0.15, 0.2) is 22.7 Å². The number of carbonyl (C=O) groups excluding carboxylic acids is 2. The van der Waals surface area contributed by atoms with Gasteiger partial charge >= 0.3 is 5.97 Å². The first-order valence-electron chi connectivity index (χ1n) is 6.35. The number of aliphatic carboxylic acids is 1. The fourth-order valence-corrected chi connectivity index (χ4v) is 2.78. The molecular weight excluding hydrogens is 326 g/mol. The molecule has 2 amide bonds. The molecule has 5 nitrogen and oxygen atoms in total. The van der Waals surface area contributed by atoms with E-state index in [0.29, 0.717) is 28.4 Å². The van der Waals surface area contributed by atoms with Gasteiger partial charge in [-0.3, -0.25) is 19.3 Å². The van der Waals surface area contributed by atoms with Gasteiger partial charge in [0.15, 0.2) is 0 Å². The predicted molar refractivity (Wildman–Crippen MR) is 75.6 cm³/mol. The quantitative estimate of drug-likeness (QED) is 0.837. The van der Waals surface area contributed by atoms with Gasteiger partial charge in [-0.25, -0.2) is 0 Å². The van der Waals surface area contributed by atoms with Crippen molar-refractivity contribution in [1.82, 2.24) is 4.90 Å². The van der Waals surface area contributed by atoms with Crippen LogP contribution in [0.5, 0.6) is 0 Å². The van der Waals surface area contributed by atoms with Gasteiger partial charge in [0, 0.05) is 4.47 Å². The lowest BCUT2D eigenvalue weighted by atomic mass is 10.1. The molecule has 6 heteroatoms. The van der Waals surface area contributed by atoms with Crippen molar-refractivity contribution >= 4 is 33.7 Å². The summed E-state index contributed by atoms with van der Waals surface area (Å²) < 4.78 is 0.713. The Morgan fingerprint density at radius 3 is 2.55 bits per heavy atom. The predicted octanol–water partition coefficient (Wildman–Crippen LogP) is 2.69. The normalized spacial score (nSPS) is 15.4. The second-order valence-corrected chi connectivity index (χ2v) is 5.63. The molecule has 0 aromatic heterocycles. The number of carbonyl (C=O) groups is 3. The third kappa shape index (κ3) is 2.60. The van der Waals surface area contributed by atoms with E-state index in [0.717, 1.165) is 4.90 Å². The Bertz CT molecular complexity index is 585. The minimum absolute atomic E-state index is 0.222. The number of benzene rings is 1. The molecule has 1 unspecified atom stereocenters. The van der Waals surface area contributed by atoms with Crippen molar-refractivity contribution in [2.45, 2.75) is 32.2 Å². The highest BCUT2D eigenvalue weighted by Gasteiger charge is 2.40. The van der Waals surface area contributed by atoms with Crippen LogP contribution >= 0.6 is 15.9 Å². The monoisotopic (exact) mass is 339 g/mol. The van der Waals surface area contributed by atoms with Crippen LogP contribution in [0.25, 0.3) is 0 Å². The molecule has 1 atom stereocenters. The average Bonchev–Trinajstić information content (AvgIpc) is 2.60. The van der Waals surface area contributed by atoms with Gasteiger partial charge in [-0.2, -0.15) is 0 Å². The van der Waals surface area contributed by atoms with E-state index in [2.05, 4.69) is 15.9 Å². The average molecular weight is 340 g/mol. The number of rotatable bonds is 5. The first-order chi connectivity index (χ1) is 9.45. The minimum atomic E-state index is -1.01. The Kier molecular flexibility index (Phi) is 4.23. The number of carboxylic acids is 1. The van der Waals surface area contributed by atoms with E-state index in [9.17, 15) is 14.4 Å². The smallest absolute Gasteiger partial charge is 0.305 e. The third-order valence-electron chi connectivity index (χ3n) is 3.28. The van der Waals surface area contributed by atoms with Crippen LogP contribution in [0, 0.1) is 0 Å². The summed E-state index contributed by atoms with van der Waals surface area (Å²) in [7, 11) is 0. The van der Waals surface area contributed by atoms with Crippen molar-refractivity contribution in [3.63, 3.8) is 0 Å². The number of fused-ring (bicyclic) bond motifs is 1. The molecule has 1 aromatic carbocycles. The summed E-state index contributed by atoms with van der Waals surface area (Å²) in [6.07, 6.45) is 0.967. The topological polar surface area (TPSA) is 74.7 Å². The van der Waals surface area contributed by atoms with Gasteiger partial charge in [0.25, 0.3) is 11.8 Å². The second kappa shape index (κ2) is 5.75. The molecule has 0 bridgehead atoms. The number of nitrogens with zero attached hydrogens (tertiary/aromatic N) is 1. The van der Waals surface area contributed by atoms with Crippen LogP contribution in [-0.2, 0) is 4.79 Å². The van der Waals surface area contributed by atoms with Gasteiger partial charge in [0.05, 0.1) is 23.6 Å². The molecule has 0 saturated heterocycles. The maximum Gasteiger partial charge on any atom is 0.305 e. The minimum Gasteiger partial charge on any atom is -0.481 e. The van der Waals surface area contributed by atoms with Gasteiger partial charge in [-0.05, 0) is 24.6 Å². The molecule has 1 heterocycles. The molecule has 0 aliphatic carbocycles. The first-order valence-corrected chi connectivity index (χ1v) is 7.14. The molecule has 1 N–H and O–H groups in total. The fourth-order valence-electron chi connectivity index (χ4n) is 2.42. The second-order valence-electron chi connectivity index (χ2n) is 4.71. The van der Waals surface area contributed by atoms with Crippen molar-refractivity contribution in [2.75, 3.05) is 0 Å². The highest BCUT2D eigenvalue weighted by Crippen LogP contribution is 2.29. The Morgan fingerprint density at radius 2 is 1.95 bits per heavy atom. The van der Waals surface area contributed by atoms with E-state index < -0.39 is 23.8 Å². The summed E-state index contributed by atoms with van der Waals surface area (Å²) >= 11 is 3.26. The summed E-state index contributed by atoms with van der Waals surface area (Å²) in [5.41, 5.74) is 0.667. The van der Waals surface area contributed by atoms with Crippen LogP contribution in [-0.4, -0.2) is 33.8 Å². The van der Waals surface area contributed by atoms with Gasteiger partial charge < -0.3 is 5.11 Å². The van der Waals surface area contributed by atoms with Crippen molar-refractivity contribution in [3.05, 3.63) is 33.8 Å². The maximum atomic E-state index is 12.3. The fraction of sp³-hybridized carbons (Fsp3) is 0.357. The molecule has 2 rings (SSSR count). The Labute approximate surface area is 124 Å². The standard InChI is InChI=1S/C14H14BrNO4/c1-2-3-9(7-12(17)18)16-13(19)10-5-4-8(15)6-11(10)14(16)20/h4-6,9H,2-3,7H2,1H3,(H,17,18). The molecular formula is C14H14BrNO4. The van der Waals surface area contributed by atoms with Crippen molar-refractivity contribution < 1.29 is 19.5 Å². The number of hydrogen-bond acceptors (Lipinski definition) is 3. The molecule has 0 spiro atoms. The summed E-state index contributed by atoms with van der Waals surface area (Å²) in [5, 5.41) is 8.95. The van der Waals surface area contributed by atoms with Crippen molar-refractivity contribution in [3.8, 4) is 0 Å². The van der Waals surface area contributed by atoms with Crippen LogP contribution in [0.3, 0.4) is 0 Å². The van der Waals surface area contributed by atoms with Gasteiger partial charge in [0.2, 0.25) is 0 Å². The number of carboxylic acid groups (broad SMARTS) is 1. The molecule has 1 aliphatic rings. The number of halogens is 1. The van der Waals surface area contributed by atoms with E-state index >= 15 is 0 Å².